The number of carbonyl (C=O) groups is 2. The first kappa shape index (κ1) is 14.0. The van der Waals surface area contributed by atoms with Crippen molar-refractivity contribution in [1.82, 2.24) is 20.8 Å². The number of aromatic nitrogens is 2. The Morgan fingerprint density at radius 2 is 2.22 bits per heavy atom. The van der Waals surface area contributed by atoms with Crippen molar-refractivity contribution in [1.29, 1.82) is 0 Å². The zero-order valence-electron chi connectivity index (χ0n) is 10.3. The number of hydrazine groups is 1. The molecule has 0 aromatic carbocycles. The van der Waals surface area contributed by atoms with E-state index in [1.807, 2.05) is 6.92 Å². The zero-order valence-corrected chi connectivity index (χ0v) is 10.3. The van der Waals surface area contributed by atoms with Crippen molar-refractivity contribution in [2.45, 2.75) is 25.8 Å². The van der Waals surface area contributed by atoms with Crippen LogP contribution in [0.1, 0.15) is 30.3 Å². The average Bonchev–Trinajstić information content (AvgIpc) is 2.43. The van der Waals surface area contributed by atoms with Crippen LogP contribution in [0.2, 0.25) is 0 Å². The molecule has 1 rings (SSSR count). The van der Waals surface area contributed by atoms with E-state index in [-0.39, 0.29) is 5.69 Å². The molecule has 7 heteroatoms. The van der Waals surface area contributed by atoms with Crippen molar-refractivity contribution in [3.05, 3.63) is 24.3 Å². The minimum Gasteiger partial charge on any atom is -0.468 e. The zero-order chi connectivity index (χ0) is 13.4. The fraction of sp³-hybridized carbons (Fsp3) is 0.455. The molecule has 1 amide bonds. The summed E-state index contributed by atoms with van der Waals surface area (Å²) in [6, 6.07) is -0.569. The molecule has 0 bridgehead atoms. The second-order valence-corrected chi connectivity index (χ2v) is 3.55. The summed E-state index contributed by atoms with van der Waals surface area (Å²) in [5.41, 5.74) is 5.21. The lowest BCUT2D eigenvalue weighted by Crippen LogP contribution is -2.48. The quantitative estimate of drug-likeness (QED) is 0.549. The third kappa shape index (κ3) is 4.10. The molecule has 1 aromatic heterocycles. The Balaban J connectivity index is 2.52. The highest BCUT2D eigenvalue weighted by Gasteiger charge is 2.18. The van der Waals surface area contributed by atoms with Crippen molar-refractivity contribution in [3.8, 4) is 0 Å². The van der Waals surface area contributed by atoms with Crippen LogP contribution >= 0.6 is 0 Å². The van der Waals surface area contributed by atoms with Crippen molar-refractivity contribution in [3.63, 3.8) is 0 Å². The van der Waals surface area contributed by atoms with Crippen molar-refractivity contribution in [2.24, 2.45) is 0 Å². The molecule has 18 heavy (non-hydrogen) atoms. The second kappa shape index (κ2) is 7.33. The SMILES string of the molecule is CCCC(NNC(=O)c1cnccn1)C(=O)OC. The van der Waals surface area contributed by atoms with Crippen molar-refractivity contribution >= 4 is 11.9 Å². The molecule has 1 aromatic rings. The van der Waals surface area contributed by atoms with Crippen LogP contribution in [-0.4, -0.2) is 35.0 Å². The van der Waals surface area contributed by atoms with Crippen LogP contribution in [0.5, 0.6) is 0 Å². The fourth-order valence-electron chi connectivity index (χ4n) is 1.31. The molecule has 1 unspecified atom stereocenters. The molecule has 1 heterocycles. The summed E-state index contributed by atoms with van der Waals surface area (Å²) in [7, 11) is 1.30. The van der Waals surface area contributed by atoms with Crippen LogP contribution in [0, 0.1) is 0 Å². The normalized spacial score (nSPS) is 11.7. The third-order valence-corrected chi connectivity index (χ3v) is 2.22. The maximum atomic E-state index is 11.6. The predicted octanol–water partition coefficient (Wildman–Crippen LogP) is 0.0527. The molecule has 0 spiro atoms. The van der Waals surface area contributed by atoms with Gasteiger partial charge in [-0.05, 0) is 6.42 Å². The Morgan fingerprint density at radius 1 is 1.44 bits per heavy atom. The molecule has 98 valence electrons. The number of hydrogen-bond acceptors (Lipinski definition) is 6. The number of ether oxygens (including phenoxy) is 1. The topological polar surface area (TPSA) is 93.2 Å². The lowest BCUT2D eigenvalue weighted by atomic mass is 10.2. The highest BCUT2D eigenvalue weighted by Crippen LogP contribution is 1.98. The van der Waals surface area contributed by atoms with Gasteiger partial charge in [0.1, 0.15) is 11.7 Å². The number of rotatable bonds is 6. The van der Waals surface area contributed by atoms with E-state index in [1.54, 1.807) is 0 Å². The minimum absolute atomic E-state index is 0.171. The number of esters is 1. The van der Waals surface area contributed by atoms with Gasteiger partial charge in [0.25, 0.3) is 5.91 Å². The Bertz CT molecular complexity index is 397. The van der Waals surface area contributed by atoms with Crippen LogP contribution in [0.15, 0.2) is 18.6 Å². The number of nitrogens with zero attached hydrogens (tertiary/aromatic N) is 2. The number of carbonyl (C=O) groups excluding carboxylic acids is 2. The van der Waals surface area contributed by atoms with E-state index in [1.165, 1.54) is 25.7 Å². The van der Waals surface area contributed by atoms with Gasteiger partial charge in [-0.3, -0.25) is 20.0 Å². The van der Waals surface area contributed by atoms with Gasteiger partial charge in [0.15, 0.2) is 0 Å². The summed E-state index contributed by atoms with van der Waals surface area (Å²) in [5, 5.41) is 0. The molecule has 0 aliphatic carbocycles. The standard InChI is InChI=1S/C11H16N4O3/c1-3-4-8(11(17)18-2)14-15-10(16)9-7-12-5-6-13-9/h5-8,14H,3-4H2,1-2H3,(H,15,16). The van der Waals surface area contributed by atoms with Gasteiger partial charge >= 0.3 is 5.97 Å². The molecule has 2 N–H and O–H groups in total. The fourth-order valence-corrected chi connectivity index (χ4v) is 1.31. The molecule has 0 aliphatic heterocycles. The van der Waals surface area contributed by atoms with Crippen molar-refractivity contribution in [2.75, 3.05) is 7.11 Å². The van der Waals surface area contributed by atoms with Gasteiger partial charge in [-0.25, -0.2) is 10.4 Å². The molecular weight excluding hydrogens is 236 g/mol. The van der Waals surface area contributed by atoms with Crippen LogP contribution < -0.4 is 10.9 Å². The third-order valence-electron chi connectivity index (χ3n) is 2.22. The second-order valence-electron chi connectivity index (χ2n) is 3.55. The number of methoxy groups -OCH3 is 1. The minimum atomic E-state index is -0.569. The summed E-state index contributed by atoms with van der Waals surface area (Å²) < 4.78 is 4.62. The molecule has 0 fully saturated rings. The Kier molecular flexibility index (Phi) is 5.72. The Morgan fingerprint density at radius 3 is 2.78 bits per heavy atom. The van der Waals surface area contributed by atoms with Crippen LogP contribution in [0.4, 0.5) is 0 Å². The van der Waals surface area contributed by atoms with Crippen molar-refractivity contribution < 1.29 is 14.3 Å². The Labute approximate surface area is 105 Å². The van der Waals surface area contributed by atoms with Gasteiger partial charge < -0.3 is 4.74 Å². The predicted molar refractivity (Wildman–Crippen MR) is 63.3 cm³/mol. The van der Waals surface area contributed by atoms with E-state index in [4.69, 9.17) is 0 Å². The number of amides is 1. The summed E-state index contributed by atoms with van der Waals surface area (Å²) in [6.45, 7) is 1.93. The maximum absolute atomic E-state index is 11.6. The van der Waals surface area contributed by atoms with Crippen LogP contribution in [0.3, 0.4) is 0 Å². The highest BCUT2D eigenvalue weighted by atomic mass is 16.5. The van der Waals surface area contributed by atoms with Gasteiger partial charge in [0.2, 0.25) is 0 Å². The molecule has 0 aliphatic rings. The first-order valence-electron chi connectivity index (χ1n) is 5.58. The van der Waals surface area contributed by atoms with Crippen LogP contribution in [-0.2, 0) is 9.53 Å². The first-order valence-corrected chi connectivity index (χ1v) is 5.58. The molecule has 0 saturated carbocycles. The smallest absolute Gasteiger partial charge is 0.324 e. The summed E-state index contributed by atoms with van der Waals surface area (Å²) in [6.07, 6.45) is 5.57. The van der Waals surface area contributed by atoms with E-state index in [9.17, 15) is 9.59 Å². The van der Waals surface area contributed by atoms with Gasteiger partial charge in [-0.2, -0.15) is 0 Å². The van der Waals surface area contributed by atoms with E-state index in [2.05, 4.69) is 25.6 Å². The van der Waals surface area contributed by atoms with E-state index in [0.29, 0.717) is 6.42 Å². The molecule has 1 atom stereocenters. The van der Waals surface area contributed by atoms with Gasteiger partial charge in [0.05, 0.1) is 13.3 Å². The number of nitrogens with one attached hydrogen (secondary N) is 2. The molecule has 0 radical (unpaired) electrons. The van der Waals surface area contributed by atoms with Crippen LogP contribution in [0.25, 0.3) is 0 Å². The summed E-state index contributed by atoms with van der Waals surface area (Å²) in [5.74, 6) is -0.871. The summed E-state index contributed by atoms with van der Waals surface area (Å²) >= 11 is 0. The lowest BCUT2D eigenvalue weighted by Gasteiger charge is -2.15. The first-order chi connectivity index (χ1) is 8.69. The van der Waals surface area contributed by atoms with Gasteiger partial charge in [0, 0.05) is 12.4 Å². The monoisotopic (exact) mass is 252 g/mol. The maximum Gasteiger partial charge on any atom is 0.324 e. The molecular formula is C11H16N4O3. The van der Waals surface area contributed by atoms with E-state index >= 15 is 0 Å². The van der Waals surface area contributed by atoms with E-state index < -0.39 is 17.9 Å². The largest absolute Gasteiger partial charge is 0.468 e. The Hall–Kier alpha value is -2.02. The average molecular weight is 252 g/mol. The molecule has 0 saturated heterocycles. The lowest BCUT2D eigenvalue weighted by molar-refractivity contribution is -0.143. The summed E-state index contributed by atoms with van der Waals surface area (Å²) in [4.78, 5) is 30.6. The van der Waals surface area contributed by atoms with E-state index in [0.717, 1.165) is 6.42 Å². The molecule has 7 nitrogen and oxygen atoms in total. The highest BCUT2D eigenvalue weighted by molar-refractivity contribution is 5.91. The van der Waals surface area contributed by atoms with Gasteiger partial charge in [-0.15, -0.1) is 0 Å². The number of hydrogen-bond donors (Lipinski definition) is 2. The van der Waals surface area contributed by atoms with Gasteiger partial charge in [-0.1, -0.05) is 13.3 Å².